The second-order valence-electron chi connectivity index (χ2n) is 4.45. The van der Waals surface area contributed by atoms with E-state index in [9.17, 15) is 0 Å². The van der Waals surface area contributed by atoms with Crippen LogP contribution in [0.25, 0.3) is 16.2 Å². The SMILES string of the molecule is Cc1cn2c(CCN)c(-c3ccc(Cl)cc3)nc2s1. The fourth-order valence-electron chi connectivity index (χ4n) is 2.22. The summed E-state index contributed by atoms with van der Waals surface area (Å²) in [5, 5.41) is 0.737. The van der Waals surface area contributed by atoms with Crippen molar-refractivity contribution in [3.05, 3.63) is 46.1 Å². The first-order valence-corrected chi connectivity index (χ1v) is 7.32. The van der Waals surface area contributed by atoms with Crippen LogP contribution in [0.15, 0.2) is 30.5 Å². The fourth-order valence-corrected chi connectivity index (χ4v) is 3.19. The molecule has 3 nitrogen and oxygen atoms in total. The van der Waals surface area contributed by atoms with Gasteiger partial charge in [-0.25, -0.2) is 4.98 Å². The van der Waals surface area contributed by atoms with Gasteiger partial charge in [-0.1, -0.05) is 23.7 Å². The molecule has 0 bridgehead atoms. The molecule has 3 aromatic rings. The predicted octanol–water partition coefficient (Wildman–Crippen LogP) is 3.53. The Labute approximate surface area is 120 Å². The van der Waals surface area contributed by atoms with Crippen LogP contribution in [-0.2, 0) is 6.42 Å². The first-order chi connectivity index (χ1) is 9.19. The second-order valence-corrected chi connectivity index (χ2v) is 6.10. The molecule has 0 saturated carbocycles. The van der Waals surface area contributed by atoms with Crippen molar-refractivity contribution in [3.63, 3.8) is 0 Å². The van der Waals surface area contributed by atoms with Gasteiger partial charge in [0.25, 0.3) is 0 Å². The number of aromatic nitrogens is 2. The molecule has 0 atom stereocenters. The van der Waals surface area contributed by atoms with E-state index >= 15 is 0 Å². The molecule has 0 unspecified atom stereocenters. The van der Waals surface area contributed by atoms with Crippen LogP contribution in [-0.4, -0.2) is 15.9 Å². The zero-order valence-corrected chi connectivity index (χ0v) is 12.1. The van der Waals surface area contributed by atoms with Gasteiger partial charge in [0.05, 0.1) is 11.4 Å². The highest BCUT2D eigenvalue weighted by Gasteiger charge is 2.15. The van der Waals surface area contributed by atoms with Crippen molar-refractivity contribution in [1.29, 1.82) is 0 Å². The predicted molar refractivity (Wildman–Crippen MR) is 81.0 cm³/mol. The van der Waals surface area contributed by atoms with Crippen LogP contribution in [0.4, 0.5) is 0 Å². The van der Waals surface area contributed by atoms with Crippen molar-refractivity contribution >= 4 is 27.9 Å². The summed E-state index contributed by atoms with van der Waals surface area (Å²) in [6.45, 7) is 2.71. The van der Waals surface area contributed by atoms with Crippen molar-refractivity contribution in [3.8, 4) is 11.3 Å². The van der Waals surface area contributed by atoms with Crippen molar-refractivity contribution in [2.45, 2.75) is 13.3 Å². The third kappa shape index (κ3) is 2.27. The molecule has 0 amide bonds. The van der Waals surface area contributed by atoms with Crippen molar-refractivity contribution < 1.29 is 0 Å². The summed E-state index contributed by atoms with van der Waals surface area (Å²) >= 11 is 7.63. The Morgan fingerprint density at radius 3 is 2.74 bits per heavy atom. The molecular formula is C14H14ClN3S. The molecule has 5 heteroatoms. The van der Waals surface area contributed by atoms with Crippen LogP contribution in [0.1, 0.15) is 10.6 Å². The molecular weight excluding hydrogens is 278 g/mol. The van der Waals surface area contributed by atoms with Crippen LogP contribution < -0.4 is 5.73 Å². The molecule has 19 heavy (non-hydrogen) atoms. The number of hydrogen-bond donors (Lipinski definition) is 1. The number of fused-ring (bicyclic) bond motifs is 1. The molecule has 0 aliphatic carbocycles. The maximum atomic E-state index is 5.93. The highest BCUT2D eigenvalue weighted by Crippen LogP contribution is 2.29. The van der Waals surface area contributed by atoms with E-state index in [0.29, 0.717) is 6.54 Å². The van der Waals surface area contributed by atoms with Gasteiger partial charge in [-0.15, -0.1) is 11.3 Å². The Morgan fingerprint density at radius 1 is 1.32 bits per heavy atom. The van der Waals surface area contributed by atoms with Crippen LogP contribution in [0.2, 0.25) is 5.02 Å². The molecule has 0 aliphatic rings. The van der Waals surface area contributed by atoms with E-state index in [1.165, 1.54) is 10.6 Å². The van der Waals surface area contributed by atoms with Gasteiger partial charge in [-0.3, -0.25) is 4.40 Å². The highest BCUT2D eigenvalue weighted by molar-refractivity contribution is 7.17. The normalized spacial score (nSPS) is 11.3. The third-order valence-electron chi connectivity index (χ3n) is 3.04. The third-order valence-corrected chi connectivity index (χ3v) is 4.19. The molecule has 2 aromatic heterocycles. The second kappa shape index (κ2) is 4.96. The summed E-state index contributed by atoms with van der Waals surface area (Å²) in [6.07, 6.45) is 2.94. The van der Waals surface area contributed by atoms with E-state index in [1.54, 1.807) is 11.3 Å². The summed E-state index contributed by atoms with van der Waals surface area (Å²) in [5.74, 6) is 0. The van der Waals surface area contributed by atoms with E-state index in [-0.39, 0.29) is 0 Å². The molecule has 98 valence electrons. The molecule has 0 saturated heterocycles. The van der Waals surface area contributed by atoms with Gasteiger partial charge >= 0.3 is 0 Å². The Morgan fingerprint density at radius 2 is 2.05 bits per heavy atom. The number of halogens is 1. The first-order valence-electron chi connectivity index (χ1n) is 6.12. The van der Waals surface area contributed by atoms with Gasteiger partial charge in [0.1, 0.15) is 0 Å². The lowest BCUT2D eigenvalue weighted by Gasteiger charge is -2.03. The zero-order valence-electron chi connectivity index (χ0n) is 10.6. The molecule has 2 heterocycles. The van der Waals surface area contributed by atoms with Crippen molar-refractivity contribution in [2.24, 2.45) is 5.73 Å². The topological polar surface area (TPSA) is 43.3 Å². The number of rotatable bonds is 3. The van der Waals surface area contributed by atoms with Gasteiger partial charge in [-0.05, 0) is 25.6 Å². The minimum atomic E-state index is 0.614. The number of nitrogens with two attached hydrogens (primary N) is 1. The van der Waals surface area contributed by atoms with E-state index in [0.717, 1.165) is 27.7 Å². The molecule has 0 spiro atoms. The first kappa shape index (κ1) is 12.7. The van der Waals surface area contributed by atoms with Gasteiger partial charge in [-0.2, -0.15) is 0 Å². The lowest BCUT2D eigenvalue weighted by atomic mass is 10.1. The number of hydrogen-bond acceptors (Lipinski definition) is 3. The maximum Gasteiger partial charge on any atom is 0.194 e. The zero-order chi connectivity index (χ0) is 13.4. The summed E-state index contributed by atoms with van der Waals surface area (Å²) in [5.41, 5.74) is 8.99. The largest absolute Gasteiger partial charge is 0.330 e. The van der Waals surface area contributed by atoms with Gasteiger partial charge in [0.15, 0.2) is 4.96 Å². The Kier molecular flexibility index (Phi) is 3.31. The summed E-state index contributed by atoms with van der Waals surface area (Å²) in [6, 6.07) is 7.78. The van der Waals surface area contributed by atoms with E-state index < -0.39 is 0 Å². The van der Waals surface area contributed by atoms with Gasteiger partial charge in [0.2, 0.25) is 0 Å². The van der Waals surface area contributed by atoms with Crippen molar-refractivity contribution in [2.75, 3.05) is 6.54 Å². The van der Waals surface area contributed by atoms with E-state index in [1.807, 2.05) is 24.3 Å². The van der Waals surface area contributed by atoms with Gasteiger partial charge < -0.3 is 5.73 Å². The maximum absolute atomic E-state index is 5.93. The number of benzene rings is 1. The van der Waals surface area contributed by atoms with Crippen LogP contribution in [0, 0.1) is 6.92 Å². The number of thiazole rings is 1. The van der Waals surface area contributed by atoms with E-state index in [2.05, 4.69) is 17.5 Å². The molecule has 0 aliphatic heterocycles. The Hall–Kier alpha value is -1.36. The highest BCUT2D eigenvalue weighted by atomic mass is 35.5. The Bertz CT molecular complexity index is 712. The lowest BCUT2D eigenvalue weighted by molar-refractivity contribution is 0.910. The smallest absolute Gasteiger partial charge is 0.194 e. The van der Waals surface area contributed by atoms with Gasteiger partial charge in [0, 0.05) is 28.1 Å². The molecule has 0 fully saturated rings. The van der Waals surface area contributed by atoms with Crippen LogP contribution in [0.3, 0.4) is 0 Å². The van der Waals surface area contributed by atoms with E-state index in [4.69, 9.17) is 22.3 Å². The molecule has 2 N–H and O–H groups in total. The van der Waals surface area contributed by atoms with Crippen LogP contribution in [0.5, 0.6) is 0 Å². The monoisotopic (exact) mass is 291 g/mol. The summed E-state index contributed by atoms with van der Waals surface area (Å²) < 4.78 is 2.15. The minimum absolute atomic E-state index is 0.614. The number of imidazole rings is 1. The molecule has 0 radical (unpaired) electrons. The number of aryl methyl sites for hydroxylation is 1. The lowest BCUT2D eigenvalue weighted by Crippen LogP contribution is -2.05. The van der Waals surface area contributed by atoms with Crippen LogP contribution >= 0.6 is 22.9 Å². The summed E-state index contributed by atoms with van der Waals surface area (Å²) in [7, 11) is 0. The average Bonchev–Trinajstić information content (AvgIpc) is 2.89. The quantitative estimate of drug-likeness (QED) is 0.802. The molecule has 1 aromatic carbocycles. The minimum Gasteiger partial charge on any atom is -0.330 e. The number of nitrogens with zero attached hydrogens (tertiary/aromatic N) is 2. The fraction of sp³-hybridized carbons (Fsp3) is 0.214. The van der Waals surface area contributed by atoms with Crippen molar-refractivity contribution in [1.82, 2.24) is 9.38 Å². The summed E-state index contributed by atoms with van der Waals surface area (Å²) in [4.78, 5) is 7.01. The average molecular weight is 292 g/mol. The standard InChI is InChI=1S/C14H14ClN3S/c1-9-8-18-12(6-7-16)13(17-14(18)19-9)10-2-4-11(15)5-3-10/h2-5,8H,6-7,16H2,1H3. The Balaban J connectivity index is 2.19. The molecule has 3 rings (SSSR count).